The van der Waals surface area contributed by atoms with Crippen LogP contribution in [0, 0.1) is 11.3 Å². The number of ether oxygens (including phenoxy) is 1. The van der Waals surface area contributed by atoms with Crippen LogP contribution in [-0.4, -0.2) is 13.4 Å². The van der Waals surface area contributed by atoms with Crippen molar-refractivity contribution in [1.29, 1.82) is 5.26 Å². The largest absolute Gasteiger partial charge is 0.351 e. The molecule has 3 heteroatoms. The summed E-state index contributed by atoms with van der Waals surface area (Å²) < 4.78 is 4.30. The summed E-state index contributed by atoms with van der Waals surface area (Å²) in [5.41, 5.74) is 0. The lowest BCUT2D eigenvalue weighted by molar-refractivity contribution is -0.0414. The van der Waals surface area contributed by atoms with Gasteiger partial charge < -0.3 is 4.74 Å². The molecule has 0 aromatic rings. The van der Waals surface area contributed by atoms with E-state index in [1.165, 1.54) is 0 Å². The van der Waals surface area contributed by atoms with Crippen molar-refractivity contribution in [2.75, 3.05) is 13.4 Å². The maximum absolute atomic E-state index is 9.47. The lowest BCUT2D eigenvalue weighted by atomic mass is 10.5. The van der Waals surface area contributed by atoms with Gasteiger partial charge >= 0.3 is 0 Å². The normalized spacial score (nSPS) is 8.00. The second-order valence-corrected chi connectivity index (χ2v) is 0.934. The highest BCUT2D eigenvalue weighted by Crippen LogP contribution is 1.75. The molecular weight excluding hydrogens is 94.0 g/mol. The Labute approximate surface area is 42.1 Å². The molecule has 0 spiro atoms. The zero-order valence-electron chi connectivity index (χ0n) is 3.89. The molecule has 39 valence electrons. The quantitative estimate of drug-likeness (QED) is 0.378. The van der Waals surface area contributed by atoms with Crippen LogP contribution < -0.4 is 0 Å². The Balaban J connectivity index is 2.60. The fourth-order valence-corrected chi connectivity index (χ4v) is 0.177. The van der Waals surface area contributed by atoms with Gasteiger partial charge in [-0.25, -0.2) is 5.11 Å². The highest BCUT2D eigenvalue weighted by Gasteiger charge is 1.79. The van der Waals surface area contributed by atoms with Crippen LogP contribution in [0.5, 0.6) is 0 Å². The standard InChI is InChI=1S/C4H6NO2/c5-2-1-3-7-4-6/h1,3-4H2. The molecule has 0 rings (SSSR count). The molecule has 7 heavy (non-hydrogen) atoms. The molecule has 0 fully saturated rings. The van der Waals surface area contributed by atoms with E-state index >= 15 is 0 Å². The Bertz CT molecular complexity index is 66.6. The first-order valence-electron chi connectivity index (χ1n) is 1.94. The van der Waals surface area contributed by atoms with E-state index in [1.807, 2.05) is 6.07 Å². The van der Waals surface area contributed by atoms with Crippen molar-refractivity contribution in [3.8, 4) is 6.07 Å². The SMILES string of the molecule is N#CCCOC[O]. The molecule has 1 radical (unpaired) electrons. The lowest BCUT2D eigenvalue weighted by Gasteiger charge is -1.87. The molecule has 0 bridgehead atoms. The Morgan fingerprint density at radius 1 is 1.71 bits per heavy atom. The van der Waals surface area contributed by atoms with E-state index in [4.69, 9.17) is 5.26 Å². The second-order valence-electron chi connectivity index (χ2n) is 0.934. The summed E-state index contributed by atoms with van der Waals surface area (Å²) in [5.74, 6) is 0. The summed E-state index contributed by atoms with van der Waals surface area (Å²) in [4.78, 5) is 0. The molecule has 0 saturated carbocycles. The highest BCUT2D eigenvalue weighted by atomic mass is 16.6. The third kappa shape index (κ3) is 5.41. The van der Waals surface area contributed by atoms with Crippen LogP contribution in [0.15, 0.2) is 0 Å². The van der Waals surface area contributed by atoms with Crippen molar-refractivity contribution in [1.82, 2.24) is 0 Å². The van der Waals surface area contributed by atoms with Crippen molar-refractivity contribution in [2.24, 2.45) is 0 Å². The van der Waals surface area contributed by atoms with Crippen LogP contribution >= 0.6 is 0 Å². The molecule has 0 atom stereocenters. The van der Waals surface area contributed by atoms with Crippen LogP contribution in [-0.2, 0) is 9.84 Å². The summed E-state index contributed by atoms with van der Waals surface area (Å²) in [6.45, 7) is -0.276. The van der Waals surface area contributed by atoms with Gasteiger partial charge in [0.15, 0.2) is 6.79 Å². The van der Waals surface area contributed by atoms with E-state index in [9.17, 15) is 5.11 Å². The lowest BCUT2D eigenvalue weighted by Crippen LogP contribution is -1.91. The number of hydrogen-bond donors (Lipinski definition) is 0. The summed E-state index contributed by atoms with van der Waals surface area (Å²) >= 11 is 0. The van der Waals surface area contributed by atoms with Crippen LogP contribution in [0.2, 0.25) is 0 Å². The molecule has 0 N–H and O–H groups in total. The molecule has 0 saturated heterocycles. The predicted molar refractivity (Wildman–Crippen MR) is 21.7 cm³/mol. The molecule has 0 amide bonds. The Hall–Kier alpha value is -0.590. The first kappa shape index (κ1) is 6.41. The third-order valence-corrected chi connectivity index (χ3v) is 0.442. The molecule has 0 aliphatic heterocycles. The van der Waals surface area contributed by atoms with Gasteiger partial charge in [0.25, 0.3) is 0 Å². The molecule has 0 aromatic carbocycles. The third-order valence-electron chi connectivity index (χ3n) is 0.442. The first-order valence-corrected chi connectivity index (χ1v) is 1.94. The molecule has 0 unspecified atom stereocenters. The average Bonchev–Trinajstić information content (AvgIpc) is 1.69. The zero-order valence-corrected chi connectivity index (χ0v) is 3.89. The van der Waals surface area contributed by atoms with Crippen LogP contribution in [0.1, 0.15) is 6.42 Å². The summed E-state index contributed by atoms with van der Waals surface area (Å²) in [5, 5.41) is 17.3. The minimum absolute atomic E-state index is 0.264. The van der Waals surface area contributed by atoms with E-state index in [-0.39, 0.29) is 6.61 Å². The monoisotopic (exact) mass is 100 g/mol. The van der Waals surface area contributed by atoms with Gasteiger partial charge in [-0.3, -0.25) is 0 Å². The van der Waals surface area contributed by atoms with Crippen LogP contribution in [0.4, 0.5) is 0 Å². The summed E-state index contributed by atoms with van der Waals surface area (Å²) in [7, 11) is 0. The van der Waals surface area contributed by atoms with Crippen molar-refractivity contribution in [2.45, 2.75) is 6.42 Å². The van der Waals surface area contributed by atoms with Crippen molar-refractivity contribution >= 4 is 0 Å². The minimum atomic E-state index is -0.540. The van der Waals surface area contributed by atoms with Gasteiger partial charge in [-0.15, -0.1) is 0 Å². The van der Waals surface area contributed by atoms with Crippen LogP contribution in [0.25, 0.3) is 0 Å². The molecular formula is C4H6NO2. The van der Waals surface area contributed by atoms with Gasteiger partial charge in [0.05, 0.1) is 19.1 Å². The smallest absolute Gasteiger partial charge is 0.180 e. The van der Waals surface area contributed by atoms with Gasteiger partial charge in [0.2, 0.25) is 0 Å². The van der Waals surface area contributed by atoms with Gasteiger partial charge in [0, 0.05) is 0 Å². The van der Waals surface area contributed by atoms with Crippen LogP contribution in [0.3, 0.4) is 0 Å². The molecule has 3 nitrogen and oxygen atoms in total. The fraction of sp³-hybridized carbons (Fsp3) is 0.750. The molecule has 0 aliphatic carbocycles. The number of rotatable bonds is 3. The van der Waals surface area contributed by atoms with Gasteiger partial charge in [-0.1, -0.05) is 0 Å². The zero-order chi connectivity index (χ0) is 5.54. The molecule has 0 heterocycles. The van der Waals surface area contributed by atoms with Gasteiger partial charge in [-0.05, 0) is 0 Å². The van der Waals surface area contributed by atoms with Crippen molar-refractivity contribution in [3.63, 3.8) is 0 Å². The topological polar surface area (TPSA) is 52.9 Å². The second kappa shape index (κ2) is 5.41. The summed E-state index contributed by atoms with van der Waals surface area (Å²) in [6, 6.07) is 1.84. The Morgan fingerprint density at radius 3 is 2.86 bits per heavy atom. The van der Waals surface area contributed by atoms with E-state index in [1.54, 1.807) is 0 Å². The predicted octanol–water partition coefficient (Wildman–Crippen LogP) is 0.305. The van der Waals surface area contributed by atoms with E-state index in [0.717, 1.165) is 0 Å². The van der Waals surface area contributed by atoms with E-state index in [0.29, 0.717) is 6.42 Å². The first-order chi connectivity index (χ1) is 3.41. The van der Waals surface area contributed by atoms with Gasteiger partial charge in [0.1, 0.15) is 0 Å². The Kier molecular flexibility index (Phi) is 4.95. The maximum atomic E-state index is 9.47. The maximum Gasteiger partial charge on any atom is 0.180 e. The average molecular weight is 100 g/mol. The van der Waals surface area contributed by atoms with E-state index in [2.05, 4.69) is 4.74 Å². The van der Waals surface area contributed by atoms with E-state index < -0.39 is 6.79 Å². The van der Waals surface area contributed by atoms with Crippen molar-refractivity contribution in [3.05, 3.63) is 0 Å². The Morgan fingerprint density at radius 2 is 2.43 bits per heavy atom. The van der Waals surface area contributed by atoms with Crippen molar-refractivity contribution < 1.29 is 9.84 Å². The number of nitrogens with zero attached hydrogens (tertiary/aromatic N) is 1. The number of nitriles is 1. The fourth-order valence-electron chi connectivity index (χ4n) is 0.177. The highest BCUT2D eigenvalue weighted by molar-refractivity contribution is 4.66. The number of hydrogen-bond acceptors (Lipinski definition) is 2. The molecule has 0 aliphatic rings. The summed E-state index contributed by atoms with van der Waals surface area (Å²) in [6.07, 6.45) is 0.308. The minimum Gasteiger partial charge on any atom is -0.351 e. The van der Waals surface area contributed by atoms with Gasteiger partial charge in [-0.2, -0.15) is 5.26 Å². The molecule has 0 aromatic heterocycles.